The van der Waals surface area contributed by atoms with E-state index >= 15 is 0 Å². The van der Waals surface area contributed by atoms with Gasteiger partial charge in [0.1, 0.15) is 0 Å². The predicted octanol–water partition coefficient (Wildman–Crippen LogP) is 1.31. The van der Waals surface area contributed by atoms with E-state index in [0.29, 0.717) is 19.0 Å². The van der Waals surface area contributed by atoms with E-state index in [2.05, 4.69) is 26.5 Å². The van der Waals surface area contributed by atoms with E-state index in [0.717, 1.165) is 10.7 Å². The van der Waals surface area contributed by atoms with Gasteiger partial charge in [0, 0.05) is 24.8 Å². The van der Waals surface area contributed by atoms with Crippen LogP contribution in [0.1, 0.15) is 5.69 Å². The summed E-state index contributed by atoms with van der Waals surface area (Å²) in [4.78, 5) is 9.50. The lowest BCUT2D eigenvalue weighted by Gasteiger charge is -2.07. The minimum absolute atomic E-state index is 0. The predicted molar refractivity (Wildman–Crippen MR) is 85.5 cm³/mol. The molecule has 0 fully saturated rings. The van der Waals surface area contributed by atoms with Gasteiger partial charge in [0.15, 0.2) is 10.9 Å². The van der Waals surface area contributed by atoms with Gasteiger partial charge in [-0.15, -0.1) is 41.7 Å². The van der Waals surface area contributed by atoms with Crippen LogP contribution in [0.5, 0.6) is 0 Å². The summed E-state index contributed by atoms with van der Waals surface area (Å²) in [6.07, 6.45) is 9.15. The Balaban J connectivity index is 0.00000162. The molecule has 0 saturated heterocycles. The fraction of sp³-hybridized carbons (Fsp3) is 0.273. The summed E-state index contributed by atoms with van der Waals surface area (Å²) in [5.41, 5.74) is 0.973. The van der Waals surface area contributed by atoms with Crippen LogP contribution in [0.4, 0.5) is 0 Å². The Bertz CT molecular complexity index is 537. The summed E-state index contributed by atoms with van der Waals surface area (Å²) < 4.78 is 2.00. The third-order valence-electron chi connectivity index (χ3n) is 2.16. The number of nitrogens with zero attached hydrogens (tertiary/aromatic N) is 3. The number of hydrogen-bond acceptors (Lipinski definition) is 3. The molecule has 2 aromatic heterocycles. The SMILES string of the molecule is C#CCNC(=NC)NCc1cn2ccsc2n1.I. The molecule has 0 spiro atoms. The molecular weight excluding hydrogens is 361 g/mol. The summed E-state index contributed by atoms with van der Waals surface area (Å²) >= 11 is 1.61. The van der Waals surface area contributed by atoms with Crippen molar-refractivity contribution in [1.29, 1.82) is 0 Å². The van der Waals surface area contributed by atoms with Gasteiger partial charge in [-0.2, -0.15) is 0 Å². The lowest BCUT2D eigenvalue weighted by atomic mass is 10.5. The summed E-state index contributed by atoms with van der Waals surface area (Å²) in [6.45, 7) is 1.08. The van der Waals surface area contributed by atoms with Crippen LogP contribution in [0.3, 0.4) is 0 Å². The van der Waals surface area contributed by atoms with Gasteiger partial charge in [-0.05, 0) is 0 Å². The molecule has 7 heteroatoms. The number of hydrogen-bond donors (Lipinski definition) is 2. The van der Waals surface area contributed by atoms with Crippen LogP contribution in [0.2, 0.25) is 0 Å². The molecule has 0 radical (unpaired) electrons. The van der Waals surface area contributed by atoms with Crippen LogP contribution in [0.25, 0.3) is 4.96 Å². The molecule has 0 aliphatic carbocycles. The lowest BCUT2D eigenvalue weighted by Crippen LogP contribution is -2.36. The first-order valence-electron chi connectivity index (χ1n) is 5.12. The molecule has 0 bridgehead atoms. The van der Waals surface area contributed by atoms with Crippen molar-refractivity contribution in [1.82, 2.24) is 20.0 Å². The molecule has 96 valence electrons. The Kier molecular flexibility index (Phi) is 5.94. The average molecular weight is 375 g/mol. The quantitative estimate of drug-likeness (QED) is 0.368. The Labute approximate surface area is 127 Å². The van der Waals surface area contributed by atoms with Crippen LogP contribution in [0.15, 0.2) is 22.8 Å². The van der Waals surface area contributed by atoms with Gasteiger partial charge in [-0.3, -0.25) is 9.39 Å². The number of guanidine groups is 1. The highest BCUT2D eigenvalue weighted by Gasteiger charge is 2.03. The van der Waals surface area contributed by atoms with E-state index in [1.165, 1.54) is 0 Å². The first-order chi connectivity index (χ1) is 8.33. The fourth-order valence-corrected chi connectivity index (χ4v) is 2.11. The zero-order chi connectivity index (χ0) is 12.1. The summed E-state index contributed by atoms with van der Waals surface area (Å²) in [5, 5.41) is 8.14. The topological polar surface area (TPSA) is 53.7 Å². The molecule has 0 atom stereocenters. The van der Waals surface area contributed by atoms with Gasteiger partial charge in [-0.1, -0.05) is 5.92 Å². The molecular formula is C11H14IN5S. The maximum absolute atomic E-state index is 5.17. The molecule has 5 nitrogen and oxygen atoms in total. The molecule has 0 amide bonds. The number of imidazole rings is 1. The van der Waals surface area contributed by atoms with E-state index in [1.807, 2.05) is 22.2 Å². The molecule has 18 heavy (non-hydrogen) atoms. The zero-order valence-electron chi connectivity index (χ0n) is 9.88. The number of nitrogens with one attached hydrogen (secondary N) is 2. The Morgan fingerprint density at radius 3 is 3.11 bits per heavy atom. The van der Waals surface area contributed by atoms with Crippen molar-refractivity contribution in [2.45, 2.75) is 6.54 Å². The van der Waals surface area contributed by atoms with E-state index in [4.69, 9.17) is 6.42 Å². The Morgan fingerprint density at radius 1 is 1.61 bits per heavy atom. The number of thiazole rings is 1. The van der Waals surface area contributed by atoms with Gasteiger partial charge in [0.05, 0.1) is 18.8 Å². The number of halogens is 1. The molecule has 0 saturated carbocycles. The Hall–Kier alpha value is -1.27. The van der Waals surface area contributed by atoms with Crippen molar-refractivity contribution in [3.8, 4) is 12.3 Å². The summed E-state index contributed by atoms with van der Waals surface area (Å²) in [6, 6.07) is 0. The van der Waals surface area contributed by atoms with E-state index in [1.54, 1.807) is 18.4 Å². The zero-order valence-corrected chi connectivity index (χ0v) is 13.0. The molecule has 0 aliphatic heterocycles. The van der Waals surface area contributed by atoms with Crippen LogP contribution < -0.4 is 10.6 Å². The second kappa shape index (κ2) is 7.23. The van der Waals surface area contributed by atoms with Crippen LogP contribution in [-0.4, -0.2) is 28.9 Å². The number of terminal acetylenes is 1. The van der Waals surface area contributed by atoms with Gasteiger partial charge >= 0.3 is 0 Å². The first-order valence-corrected chi connectivity index (χ1v) is 6.00. The Morgan fingerprint density at radius 2 is 2.44 bits per heavy atom. The number of fused-ring (bicyclic) bond motifs is 1. The number of aromatic nitrogens is 2. The molecule has 0 aromatic carbocycles. The minimum Gasteiger partial charge on any atom is -0.351 e. The monoisotopic (exact) mass is 375 g/mol. The van der Waals surface area contributed by atoms with Gasteiger partial charge in [-0.25, -0.2) is 4.98 Å². The van der Waals surface area contributed by atoms with Gasteiger partial charge in [0.2, 0.25) is 0 Å². The molecule has 2 rings (SSSR count). The molecule has 0 aliphatic rings. The highest BCUT2D eigenvalue weighted by atomic mass is 127. The van der Waals surface area contributed by atoms with E-state index in [-0.39, 0.29) is 24.0 Å². The first kappa shape index (κ1) is 14.8. The van der Waals surface area contributed by atoms with Crippen molar-refractivity contribution < 1.29 is 0 Å². The maximum Gasteiger partial charge on any atom is 0.193 e. The average Bonchev–Trinajstić information content (AvgIpc) is 2.89. The highest BCUT2D eigenvalue weighted by Crippen LogP contribution is 2.10. The highest BCUT2D eigenvalue weighted by molar-refractivity contribution is 14.0. The van der Waals surface area contributed by atoms with Crippen LogP contribution in [0, 0.1) is 12.3 Å². The van der Waals surface area contributed by atoms with Crippen molar-refractivity contribution in [3.05, 3.63) is 23.5 Å². The van der Waals surface area contributed by atoms with Gasteiger partial charge < -0.3 is 10.6 Å². The molecule has 2 N–H and O–H groups in total. The lowest BCUT2D eigenvalue weighted by molar-refractivity contribution is 0.833. The van der Waals surface area contributed by atoms with E-state index in [9.17, 15) is 0 Å². The molecule has 0 unspecified atom stereocenters. The smallest absolute Gasteiger partial charge is 0.193 e. The van der Waals surface area contributed by atoms with Crippen molar-refractivity contribution in [3.63, 3.8) is 0 Å². The molecule has 2 heterocycles. The van der Waals surface area contributed by atoms with Crippen LogP contribution >= 0.6 is 35.3 Å². The standard InChI is InChI=1S/C11H13N5S.HI/c1-3-4-13-10(12-2)14-7-9-8-16-5-6-17-11(16)15-9;/h1,5-6,8H,4,7H2,2H3,(H2,12,13,14);1H. The number of rotatable bonds is 3. The fourth-order valence-electron chi connectivity index (χ4n) is 1.39. The summed E-state index contributed by atoms with van der Waals surface area (Å²) in [7, 11) is 1.71. The van der Waals surface area contributed by atoms with Crippen LogP contribution in [-0.2, 0) is 6.54 Å². The second-order valence-corrected chi connectivity index (χ2v) is 4.18. The molecule has 2 aromatic rings. The van der Waals surface area contributed by atoms with Crippen molar-refractivity contribution in [2.75, 3.05) is 13.6 Å². The van der Waals surface area contributed by atoms with Crippen molar-refractivity contribution in [2.24, 2.45) is 4.99 Å². The summed E-state index contributed by atoms with van der Waals surface area (Å²) in [5.74, 6) is 3.18. The number of aliphatic imine (C=N–C) groups is 1. The normalized spacial score (nSPS) is 10.8. The van der Waals surface area contributed by atoms with Crippen molar-refractivity contribution >= 4 is 46.2 Å². The second-order valence-electron chi connectivity index (χ2n) is 3.31. The largest absolute Gasteiger partial charge is 0.351 e. The minimum atomic E-state index is 0. The van der Waals surface area contributed by atoms with Gasteiger partial charge in [0.25, 0.3) is 0 Å². The van der Waals surface area contributed by atoms with E-state index < -0.39 is 0 Å². The maximum atomic E-state index is 5.17. The third kappa shape index (κ3) is 3.61. The third-order valence-corrected chi connectivity index (χ3v) is 2.93.